The number of benzene rings is 1. The van der Waals surface area contributed by atoms with Crippen molar-refractivity contribution < 1.29 is 17.6 Å². The van der Waals surface area contributed by atoms with Crippen LogP contribution in [0.3, 0.4) is 0 Å². The van der Waals surface area contributed by atoms with E-state index in [1.165, 1.54) is 12.1 Å². The van der Waals surface area contributed by atoms with Gasteiger partial charge >= 0.3 is 6.18 Å². The molecule has 0 heterocycles. The van der Waals surface area contributed by atoms with Crippen molar-refractivity contribution in [1.29, 1.82) is 0 Å². The first-order chi connectivity index (χ1) is 9.43. The largest absolute Gasteiger partial charge is 0.419 e. The molecule has 1 aromatic rings. The minimum atomic E-state index is -4.65. The summed E-state index contributed by atoms with van der Waals surface area (Å²) in [5.41, 5.74) is -1.04. The van der Waals surface area contributed by atoms with Gasteiger partial charge in [0.1, 0.15) is 5.82 Å². The van der Waals surface area contributed by atoms with Gasteiger partial charge in [0.25, 0.3) is 0 Å². The Morgan fingerprint density at radius 3 is 2.50 bits per heavy atom. The Kier molecular flexibility index (Phi) is 4.68. The standard InChI is InChI=1S/C15H19F4N/c1-2-20-13(9-10-5-3-6-10)11-7-4-8-12(14(11)16)15(17,18)19/h4,7-8,10,13,20H,2-3,5-6,9H2,1H3. The predicted octanol–water partition coefficient (Wildman–Crippen LogP) is 4.69. The number of hydrogen-bond donors (Lipinski definition) is 1. The zero-order valence-electron chi connectivity index (χ0n) is 11.4. The van der Waals surface area contributed by atoms with Gasteiger partial charge in [-0.3, -0.25) is 0 Å². The van der Waals surface area contributed by atoms with Crippen LogP contribution in [0.5, 0.6) is 0 Å². The highest BCUT2D eigenvalue weighted by Crippen LogP contribution is 2.38. The molecule has 0 aromatic heterocycles. The Labute approximate surface area is 116 Å². The maximum atomic E-state index is 14.2. The first-order valence-electron chi connectivity index (χ1n) is 7.02. The summed E-state index contributed by atoms with van der Waals surface area (Å²) in [4.78, 5) is 0. The summed E-state index contributed by atoms with van der Waals surface area (Å²) in [7, 11) is 0. The van der Waals surface area contributed by atoms with Crippen molar-refractivity contribution in [2.75, 3.05) is 6.54 Å². The monoisotopic (exact) mass is 289 g/mol. The molecular formula is C15H19F4N. The maximum Gasteiger partial charge on any atom is 0.419 e. The number of hydrogen-bond acceptors (Lipinski definition) is 1. The molecule has 20 heavy (non-hydrogen) atoms. The van der Waals surface area contributed by atoms with E-state index in [1.54, 1.807) is 0 Å². The Bertz CT molecular complexity index is 452. The molecule has 1 saturated carbocycles. The first-order valence-corrected chi connectivity index (χ1v) is 7.02. The number of alkyl halides is 3. The number of rotatable bonds is 5. The maximum absolute atomic E-state index is 14.2. The Morgan fingerprint density at radius 1 is 1.30 bits per heavy atom. The molecular weight excluding hydrogens is 270 g/mol. The minimum absolute atomic E-state index is 0.133. The summed E-state index contributed by atoms with van der Waals surface area (Å²) >= 11 is 0. The molecule has 1 unspecified atom stereocenters. The van der Waals surface area contributed by atoms with Gasteiger partial charge < -0.3 is 5.32 Å². The van der Waals surface area contributed by atoms with Crippen molar-refractivity contribution in [3.05, 3.63) is 35.1 Å². The highest BCUT2D eigenvalue weighted by atomic mass is 19.4. The van der Waals surface area contributed by atoms with Crippen molar-refractivity contribution in [2.45, 2.75) is 44.8 Å². The molecule has 1 aromatic carbocycles. The molecule has 0 spiro atoms. The molecule has 2 rings (SSSR count). The van der Waals surface area contributed by atoms with Crippen LogP contribution in [0, 0.1) is 11.7 Å². The fourth-order valence-corrected chi connectivity index (χ4v) is 2.67. The van der Waals surface area contributed by atoms with Gasteiger partial charge in [0.05, 0.1) is 5.56 Å². The average molecular weight is 289 g/mol. The molecule has 0 aliphatic heterocycles. The molecule has 1 nitrogen and oxygen atoms in total. The van der Waals surface area contributed by atoms with Gasteiger partial charge in [-0.15, -0.1) is 0 Å². The molecule has 0 saturated heterocycles. The van der Waals surface area contributed by atoms with Gasteiger partial charge in [-0.1, -0.05) is 38.3 Å². The van der Waals surface area contributed by atoms with Gasteiger partial charge in [-0.05, 0) is 24.9 Å². The lowest BCUT2D eigenvalue weighted by atomic mass is 9.79. The highest BCUT2D eigenvalue weighted by Gasteiger charge is 2.36. The van der Waals surface area contributed by atoms with E-state index >= 15 is 0 Å². The average Bonchev–Trinajstić information content (AvgIpc) is 2.31. The van der Waals surface area contributed by atoms with Crippen molar-refractivity contribution in [2.24, 2.45) is 5.92 Å². The van der Waals surface area contributed by atoms with Gasteiger partial charge in [0.2, 0.25) is 0 Å². The van der Waals surface area contributed by atoms with E-state index in [-0.39, 0.29) is 11.6 Å². The molecule has 1 fully saturated rings. The highest BCUT2D eigenvalue weighted by molar-refractivity contribution is 5.30. The van der Waals surface area contributed by atoms with Crippen LogP contribution in [-0.2, 0) is 6.18 Å². The normalized spacial score (nSPS) is 17.9. The van der Waals surface area contributed by atoms with E-state index in [2.05, 4.69) is 5.32 Å². The van der Waals surface area contributed by atoms with Crippen molar-refractivity contribution >= 4 is 0 Å². The predicted molar refractivity (Wildman–Crippen MR) is 69.8 cm³/mol. The summed E-state index contributed by atoms with van der Waals surface area (Å²) in [6.07, 6.45) is -0.612. The second-order valence-electron chi connectivity index (χ2n) is 5.35. The van der Waals surface area contributed by atoms with Crippen LogP contribution < -0.4 is 5.32 Å². The topological polar surface area (TPSA) is 12.0 Å². The third-order valence-electron chi connectivity index (χ3n) is 3.95. The quantitative estimate of drug-likeness (QED) is 0.776. The van der Waals surface area contributed by atoms with Crippen molar-refractivity contribution in [3.63, 3.8) is 0 Å². The molecule has 1 atom stereocenters. The smallest absolute Gasteiger partial charge is 0.310 e. The third-order valence-corrected chi connectivity index (χ3v) is 3.95. The van der Waals surface area contributed by atoms with Gasteiger partial charge in [-0.25, -0.2) is 4.39 Å². The van der Waals surface area contributed by atoms with E-state index in [9.17, 15) is 17.6 Å². The van der Waals surface area contributed by atoms with Gasteiger partial charge in [-0.2, -0.15) is 13.2 Å². The zero-order valence-corrected chi connectivity index (χ0v) is 11.4. The lowest BCUT2D eigenvalue weighted by molar-refractivity contribution is -0.140. The number of nitrogens with one attached hydrogen (secondary N) is 1. The summed E-state index contributed by atoms with van der Waals surface area (Å²) in [6.45, 7) is 2.48. The zero-order chi connectivity index (χ0) is 14.8. The van der Waals surface area contributed by atoms with Crippen LogP contribution in [0.2, 0.25) is 0 Å². The summed E-state index contributed by atoms with van der Waals surface area (Å²) in [5.74, 6) is -0.640. The second-order valence-corrected chi connectivity index (χ2v) is 5.35. The molecule has 112 valence electrons. The van der Waals surface area contributed by atoms with Crippen LogP contribution in [0.25, 0.3) is 0 Å². The molecule has 5 heteroatoms. The van der Waals surface area contributed by atoms with Crippen LogP contribution in [0.15, 0.2) is 18.2 Å². The summed E-state index contributed by atoms with van der Waals surface area (Å²) in [5, 5.41) is 3.11. The van der Waals surface area contributed by atoms with E-state index in [0.717, 1.165) is 25.3 Å². The molecule has 1 aliphatic rings. The SMILES string of the molecule is CCNC(CC1CCC1)c1cccc(C(F)(F)F)c1F. The van der Waals surface area contributed by atoms with Gasteiger partial charge in [0.15, 0.2) is 0 Å². The molecule has 1 N–H and O–H groups in total. The molecule has 1 aliphatic carbocycles. The fraction of sp³-hybridized carbons (Fsp3) is 0.600. The molecule has 0 bridgehead atoms. The Hall–Kier alpha value is -1.10. The first kappa shape index (κ1) is 15.3. The fourth-order valence-electron chi connectivity index (χ4n) is 2.67. The Morgan fingerprint density at radius 2 is 2.00 bits per heavy atom. The Balaban J connectivity index is 2.27. The van der Waals surface area contributed by atoms with Gasteiger partial charge in [0, 0.05) is 11.6 Å². The van der Waals surface area contributed by atoms with Crippen LogP contribution in [0.4, 0.5) is 17.6 Å². The molecule has 0 radical (unpaired) electrons. The lowest BCUT2D eigenvalue weighted by Gasteiger charge is -2.30. The van der Waals surface area contributed by atoms with Crippen molar-refractivity contribution in [1.82, 2.24) is 5.32 Å². The minimum Gasteiger partial charge on any atom is -0.310 e. The lowest BCUT2D eigenvalue weighted by Crippen LogP contribution is -2.27. The third kappa shape index (κ3) is 3.32. The van der Waals surface area contributed by atoms with E-state index < -0.39 is 17.6 Å². The van der Waals surface area contributed by atoms with Crippen LogP contribution >= 0.6 is 0 Å². The summed E-state index contributed by atoms with van der Waals surface area (Å²) in [6, 6.07) is 3.20. The van der Waals surface area contributed by atoms with E-state index in [4.69, 9.17) is 0 Å². The van der Waals surface area contributed by atoms with Crippen LogP contribution in [-0.4, -0.2) is 6.54 Å². The second kappa shape index (κ2) is 6.12. The summed E-state index contributed by atoms with van der Waals surface area (Å²) < 4.78 is 52.4. The van der Waals surface area contributed by atoms with Crippen molar-refractivity contribution in [3.8, 4) is 0 Å². The van der Waals surface area contributed by atoms with E-state index in [0.29, 0.717) is 18.9 Å². The molecule has 0 amide bonds. The number of halogens is 4. The van der Waals surface area contributed by atoms with E-state index in [1.807, 2.05) is 6.92 Å². The van der Waals surface area contributed by atoms with Crippen LogP contribution in [0.1, 0.15) is 49.8 Å².